The van der Waals surface area contributed by atoms with Crippen LogP contribution in [0.25, 0.3) is 0 Å². The van der Waals surface area contributed by atoms with Gasteiger partial charge in [-0.15, -0.1) is 0 Å². The average Bonchev–Trinajstić information content (AvgIpc) is 2.29. The molecule has 0 aliphatic heterocycles. The molecule has 2 nitrogen and oxygen atoms in total. The fraction of sp³-hybridized carbons (Fsp3) is 0.300. The standard InChI is InChI=1S/C10H7F5O2/c1-2-3(11)4-5(10(16)17)7(13)9(15)8(14)6(4)12/h3H,2H2,1H3,(H,16,17). The second kappa shape index (κ2) is 4.68. The molecule has 1 aromatic rings. The molecule has 1 atom stereocenters. The van der Waals surface area contributed by atoms with Crippen LogP contribution in [0.3, 0.4) is 0 Å². The van der Waals surface area contributed by atoms with Crippen LogP contribution in [0, 0.1) is 23.3 Å². The van der Waals surface area contributed by atoms with Gasteiger partial charge >= 0.3 is 5.97 Å². The van der Waals surface area contributed by atoms with E-state index in [2.05, 4.69) is 0 Å². The third kappa shape index (κ3) is 2.09. The van der Waals surface area contributed by atoms with E-state index in [1.165, 1.54) is 6.92 Å². The quantitative estimate of drug-likeness (QED) is 0.510. The lowest BCUT2D eigenvalue weighted by molar-refractivity contribution is 0.0684. The number of carboxylic acid groups (broad SMARTS) is 1. The number of carboxylic acids is 1. The SMILES string of the molecule is CCC(F)c1c(F)c(F)c(F)c(F)c1C(=O)O. The molecule has 0 spiro atoms. The van der Waals surface area contributed by atoms with Crippen LogP contribution in [0.15, 0.2) is 0 Å². The third-order valence-corrected chi connectivity index (χ3v) is 2.19. The highest BCUT2D eigenvalue weighted by atomic mass is 19.2. The molecule has 1 aromatic carbocycles. The first-order valence-corrected chi connectivity index (χ1v) is 4.56. The summed E-state index contributed by atoms with van der Waals surface area (Å²) in [7, 11) is 0. The fourth-order valence-corrected chi connectivity index (χ4v) is 1.36. The van der Waals surface area contributed by atoms with Crippen LogP contribution in [0.5, 0.6) is 0 Å². The monoisotopic (exact) mass is 254 g/mol. The number of hydrogen-bond donors (Lipinski definition) is 1. The van der Waals surface area contributed by atoms with Crippen molar-refractivity contribution in [2.24, 2.45) is 0 Å². The summed E-state index contributed by atoms with van der Waals surface area (Å²) in [6.45, 7) is 1.22. The van der Waals surface area contributed by atoms with Crippen LogP contribution < -0.4 is 0 Å². The van der Waals surface area contributed by atoms with E-state index in [0.29, 0.717) is 0 Å². The predicted octanol–water partition coefficient (Wildman–Crippen LogP) is 3.36. The van der Waals surface area contributed by atoms with Crippen LogP contribution in [-0.2, 0) is 0 Å². The van der Waals surface area contributed by atoms with Gasteiger partial charge in [0, 0.05) is 5.56 Å². The van der Waals surface area contributed by atoms with Crippen molar-refractivity contribution in [1.82, 2.24) is 0 Å². The van der Waals surface area contributed by atoms with E-state index in [1.807, 2.05) is 0 Å². The minimum atomic E-state index is -2.27. The van der Waals surface area contributed by atoms with Crippen molar-refractivity contribution < 1.29 is 31.9 Å². The minimum absolute atomic E-state index is 0.401. The highest BCUT2D eigenvalue weighted by Gasteiger charge is 2.32. The van der Waals surface area contributed by atoms with E-state index < -0.39 is 53.0 Å². The molecule has 7 heteroatoms. The Morgan fingerprint density at radius 3 is 2.00 bits per heavy atom. The van der Waals surface area contributed by atoms with Crippen LogP contribution in [-0.4, -0.2) is 11.1 Å². The molecule has 94 valence electrons. The topological polar surface area (TPSA) is 37.3 Å². The molecule has 0 amide bonds. The van der Waals surface area contributed by atoms with Gasteiger partial charge in [-0.25, -0.2) is 26.7 Å². The van der Waals surface area contributed by atoms with Crippen molar-refractivity contribution in [3.8, 4) is 0 Å². The summed E-state index contributed by atoms with van der Waals surface area (Å²) in [5.74, 6) is -10.7. The molecule has 1 N–H and O–H groups in total. The molecule has 0 fully saturated rings. The lowest BCUT2D eigenvalue weighted by Gasteiger charge is -2.13. The number of halogens is 5. The van der Waals surface area contributed by atoms with Gasteiger partial charge in [0.15, 0.2) is 23.3 Å². The normalized spacial score (nSPS) is 12.6. The summed E-state index contributed by atoms with van der Waals surface area (Å²) in [6, 6.07) is 0. The summed E-state index contributed by atoms with van der Waals surface area (Å²) < 4.78 is 65.2. The molecule has 0 aromatic heterocycles. The van der Waals surface area contributed by atoms with Gasteiger partial charge in [0.25, 0.3) is 0 Å². The van der Waals surface area contributed by atoms with Gasteiger partial charge in [0.1, 0.15) is 11.7 Å². The molecule has 0 radical (unpaired) electrons. The second-order valence-corrected chi connectivity index (χ2v) is 3.23. The molecule has 1 rings (SSSR count). The second-order valence-electron chi connectivity index (χ2n) is 3.23. The number of benzene rings is 1. The lowest BCUT2D eigenvalue weighted by atomic mass is 9.99. The number of rotatable bonds is 3. The Bertz CT molecular complexity index is 472. The Balaban J connectivity index is 3.71. The van der Waals surface area contributed by atoms with E-state index in [-0.39, 0.29) is 0 Å². The zero-order chi connectivity index (χ0) is 13.3. The van der Waals surface area contributed by atoms with Gasteiger partial charge in [0.2, 0.25) is 0 Å². The maximum atomic E-state index is 13.3. The molecule has 17 heavy (non-hydrogen) atoms. The average molecular weight is 254 g/mol. The van der Waals surface area contributed by atoms with Crippen molar-refractivity contribution in [1.29, 1.82) is 0 Å². The van der Waals surface area contributed by atoms with Crippen molar-refractivity contribution >= 4 is 5.97 Å². The molecule has 0 bridgehead atoms. The smallest absolute Gasteiger partial charge is 0.339 e. The van der Waals surface area contributed by atoms with Crippen LogP contribution in [0.1, 0.15) is 35.4 Å². The van der Waals surface area contributed by atoms with Gasteiger partial charge in [-0.05, 0) is 6.42 Å². The number of aromatic carboxylic acids is 1. The number of alkyl halides is 1. The van der Waals surface area contributed by atoms with Crippen molar-refractivity contribution in [3.05, 3.63) is 34.4 Å². The maximum Gasteiger partial charge on any atom is 0.339 e. The molecule has 1 unspecified atom stereocenters. The van der Waals surface area contributed by atoms with Crippen LogP contribution >= 0.6 is 0 Å². The summed E-state index contributed by atoms with van der Waals surface area (Å²) in [5.41, 5.74) is -2.83. The molecule has 0 saturated heterocycles. The number of hydrogen-bond acceptors (Lipinski definition) is 1. The first kappa shape index (κ1) is 13.4. The first-order valence-electron chi connectivity index (χ1n) is 4.56. The van der Waals surface area contributed by atoms with E-state index in [9.17, 15) is 26.7 Å². The molecule has 0 saturated carbocycles. The van der Waals surface area contributed by atoms with E-state index in [1.54, 1.807) is 0 Å². The molecule has 0 aliphatic carbocycles. The number of carbonyl (C=O) groups is 1. The third-order valence-electron chi connectivity index (χ3n) is 2.19. The fourth-order valence-electron chi connectivity index (χ4n) is 1.36. The lowest BCUT2D eigenvalue weighted by Crippen LogP contribution is -2.14. The summed E-state index contributed by atoms with van der Waals surface area (Å²) in [6.07, 6.45) is -2.63. The van der Waals surface area contributed by atoms with Crippen LogP contribution in [0.2, 0.25) is 0 Å². The summed E-state index contributed by atoms with van der Waals surface area (Å²) in [4.78, 5) is 10.6. The molecular formula is C10H7F5O2. The largest absolute Gasteiger partial charge is 0.478 e. The van der Waals surface area contributed by atoms with E-state index in [0.717, 1.165) is 0 Å². The Labute approximate surface area is 92.7 Å². The minimum Gasteiger partial charge on any atom is -0.478 e. The van der Waals surface area contributed by atoms with Crippen molar-refractivity contribution in [2.75, 3.05) is 0 Å². The van der Waals surface area contributed by atoms with Crippen LogP contribution in [0.4, 0.5) is 22.0 Å². The van der Waals surface area contributed by atoms with Gasteiger partial charge in [0.05, 0.1) is 0 Å². The van der Waals surface area contributed by atoms with E-state index in [4.69, 9.17) is 5.11 Å². The van der Waals surface area contributed by atoms with Gasteiger partial charge in [-0.3, -0.25) is 0 Å². The molecule has 0 heterocycles. The zero-order valence-corrected chi connectivity index (χ0v) is 8.53. The molecule has 0 aliphatic rings. The van der Waals surface area contributed by atoms with Gasteiger partial charge in [-0.1, -0.05) is 6.92 Å². The molecular weight excluding hydrogens is 247 g/mol. The first-order chi connectivity index (χ1) is 7.82. The summed E-state index contributed by atoms with van der Waals surface area (Å²) in [5, 5.41) is 8.57. The predicted molar refractivity (Wildman–Crippen MR) is 47.4 cm³/mol. The van der Waals surface area contributed by atoms with Crippen molar-refractivity contribution in [2.45, 2.75) is 19.5 Å². The van der Waals surface area contributed by atoms with Crippen molar-refractivity contribution in [3.63, 3.8) is 0 Å². The summed E-state index contributed by atoms with van der Waals surface area (Å²) >= 11 is 0. The Kier molecular flexibility index (Phi) is 3.69. The highest BCUT2D eigenvalue weighted by Crippen LogP contribution is 2.32. The Morgan fingerprint density at radius 2 is 1.59 bits per heavy atom. The highest BCUT2D eigenvalue weighted by molar-refractivity contribution is 5.90. The van der Waals surface area contributed by atoms with E-state index >= 15 is 0 Å². The van der Waals surface area contributed by atoms with Gasteiger partial charge < -0.3 is 5.11 Å². The maximum absolute atomic E-state index is 13.3. The zero-order valence-electron chi connectivity index (χ0n) is 8.53. The van der Waals surface area contributed by atoms with Gasteiger partial charge in [-0.2, -0.15) is 0 Å². The Morgan fingerprint density at radius 1 is 1.12 bits per heavy atom. The Hall–Kier alpha value is -1.66.